The highest BCUT2D eigenvalue weighted by molar-refractivity contribution is 7.99. The minimum atomic E-state index is -1.43. The molecule has 0 spiro atoms. The molecular formula is C14H16ClN5OS2. The van der Waals surface area contributed by atoms with Crippen LogP contribution in [0.25, 0.3) is 0 Å². The monoisotopic (exact) mass is 369 g/mol. The first-order valence-electron chi connectivity index (χ1n) is 7.09. The van der Waals surface area contributed by atoms with Crippen molar-refractivity contribution in [2.75, 3.05) is 20.5 Å². The van der Waals surface area contributed by atoms with E-state index in [-0.39, 0.29) is 0 Å². The van der Waals surface area contributed by atoms with E-state index in [1.54, 1.807) is 16.4 Å². The van der Waals surface area contributed by atoms with Gasteiger partial charge in [-0.2, -0.15) is 9.71 Å². The summed E-state index contributed by atoms with van der Waals surface area (Å²) < 4.78 is 16.9. The summed E-state index contributed by atoms with van der Waals surface area (Å²) in [6.07, 6.45) is 1.02. The van der Waals surface area contributed by atoms with Crippen LogP contribution in [-0.2, 0) is 18.1 Å². The maximum Gasteiger partial charge on any atom is 0.210 e. The maximum atomic E-state index is 12.3. The largest absolute Gasteiger partial charge is 0.568 e. The molecule has 3 rings (SSSR count). The first-order chi connectivity index (χ1) is 11.1. The van der Waals surface area contributed by atoms with E-state index in [0.29, 0.717) is 34.0 Å². The predicted molar refractivity (Wildman–Crippen MR) is 96.9 cm³/mol. The second-order valence-corrected chi connectivity index (χ2v) is 7.59. The third kappa shape index (κ3) is 3.60. The minimum absolute atomic E-state index is 0.320. The van der Waals surface area contributed by atoms with Crippen LogP contribution < -0.4 is 14.8 Å². The Bertz CT molecular complexity index is 700. The van der Waals surface area contributed by atoms with Crippen molar-refractivity contribution in [3.8, 4) is 0 Å². The zero-order valence-corrected chi connectivity index (χ0v) is 14.8. The summed E-state index contributed by atoms with van der Waals surface area (Å²) in [5.41, 5.74) is 7.49. The van der Waals surface area contributed by atoms with Crippen molar-refractivity contribution in [1.29, 1.82) is 0 Å². The smallest absolute Gasteiger partial charge is 0.210 e. The zero-order valence-electron chi connectivity index (χ0n) is 12.5. The predicted octanol–water partition coefficient (Wildman–Crippen LogP) is 3.23. The lowest BCUT2D eigenvalue weighted by Gasteiger charge is -2.16. The van der Waals surface area contributed by atoms with Gasteiger partial charge in [0, 0.05) is 10.8 Å². The second kappa shape index (κ2) is 7.04. The first kappa shape index (κ1) is 16.5. The molecule has 122 valence electrons. The number of rotatable bonds is 5. The Morgan fingerprint density at radius 3 is 2.78 bits per heavy atom. The number of benzene rings is 1. The van der Waals surface area contributed by atoms with Crippen LogP contribution in [0.3, 0.4) is 0 Å². The molecule has 2 heterocycles. The number of nitrogen functional groups attached to an aromatic ring is 1. The number of thioether (sulfide) groups is 1. The Labute approximate surface area is 147 Å². The topological polar surface area (TPSA) is 90.1 Å². The molecule has 6 nitrogen and oxygen atoms in total. The summed E-state index contributed by atoms with van der Waals surface area (Å²) in [5, 5.41) is 1.27. The number of nitrogens with two attached hydrogens (primary N) is 1. The van der Waals surface area contributed by atoms with Crippen molar-refractivity contribution in [3.05, 3.63) is 34.9 Å². The standard InChI is InChI=1S/C14H16ClN5OS2/c1-2-7-22-14-17-12(16)11-13(18-14)20(23(21)19-11)8-9-3-5-10(15)6-4-9/h3-6,19H,2,7-8H2,1H3,(H2,16,17,18). The third-order valence-corrected chi connectivity index (χ3v) is 5.58. The Hall–Kier alpha value is -1.35. The Kier molecular flexibility index (Phi) is 5.05. The lowest BCUT2D eigenvalue weighted by Crippen LogP contribution is -2.29. The van der Waals surface area contributed by atoms with Crippen LogP contribution >= 0.6 is 23.4 Å². The molecule has 1 aliphatic rings. The van der Waals surface area contributed by atoms with E-state index in [1.807, 2.05) is 12.1 Å². The summed E-state index contributed by atoms with van der Waals surface area (Å²) in [7, 11) is 0. The number of halogens is 1. The highest BCUT2D eigenvalue weighted by Gasteiger charge is 2.37. The molecule has 0 aliphatic carbocycles. The molecule has 0 saturated carbocycles. The first-order valence-corrected chi connectivity index (χ1v) is 9.56. The van der Waals surface area contributed by atoms with E-state index in [1.165, 1.54) is 11.8 Å². The fraction of sp³-hybridized carbons (Fsp3) is 0.286. The normalized spacial score (nSPS) is 16.3. The van der Waals surface area contributed by atoms with Gasteiger partial charge in [-0.3, -0.25) is 0 Å². The second-order valence-electron chi connectivity index (χ2n) is 4.95. The molecule has 0 radical (unpaired) electrons. The molecule has 1 aromatic carbocycles. The molecule has 1 unspecified atom stereocenters. The number of hydrogen-bond acceptors (Lipinski definition) is 7. The Morgan fingerprint density at radius 2 is 2.09 bits per heavy atom. The molecular weight excluding hydrogens is 354 g/mol. The molecule has 3 N–H and O–H groups in total. The van der Waals surface area contributed by atoms with Crippen LogP contribution in [0.2, 0.25) is 5.02 Å². The summed E-state index contributed by atoms with van der Waals surface area (Å²) in [6.45, 7) is 2.53. The lowest BCUT2D eigenvalue weighted by molar-refractivity contribution is 0.596. The van der Waals surface area contributed by atoms with Gasteiger partial charge in [0.15, 0.2) is 28.2 Å². The number of anilines is 3. The molecule has 1 aliphatic heterocycles. The molecule has 0 bridgehead atoms. The number of nitrogens with one attached hydrogen (secondary N) is 1. The van der Waals surface area contributed by atoms with Crippen LogP contribution in [0.4, 0.5) is 17.3 Å². The lowest BCUT2D eigenvalue weighted by atomic mass is 10.2. The number of hydrogen-bond donors (Lipinski definition) is 2. The van der Waals surface area contributed by atoms with Crippen molar-refractivity contribution in [2.45, 2.75) is 25.0 Å². The van der Waals surface area contributed by atoms with Crippen molar-refractivity contribution < 1.29 is 4.55 Å². The molecule has 23 heavy (non-hydrogen) atoms. The molecule has 0 saturated heterocycles. The van der Waals surface area contributed by atoms with E-state index in [4.69, 9.17) is 17.3 Å². The van der Waals surface area contributed by atoms with Gasteiger partial charge < -0.3 is 10.3 Å². The minimum Gasteiger partial charge on any atom is -0.568 e. The van der Waals surface area contributed by atoms with Crippen molar-refractivity contribution in [2.24, 2.45) is 0 Å². The van der Waals surface area contributed by atoms with Gasteiger partial charge in [0.2, 0.25) is 5.82 Å². The van der Waals surface area contributed by atoms with Gasteiger partial charge in [0.25, 0.3) is 0 Å². The number of fused-ring (bicyclic) bond motifs is 1. The van der Waals surface area contributed by atoms with Gasteiger partial charge in [-0.15, -0.1) is 4.31 Å². The fourth-order valence-corrected chi connectivity index (χ4v) is 3.95. The molecule has 2 aromatic rings. The van der Waals surface area contributed by atoms with E-state index in [2.05, 4.69) is 21.6 Å². The molecule has 9 heteroatoms. The van der Waals surface area contributed by atoms with E-state index < -0.39 is 11.5 Å². The van der Waals surface area contributed by atoms with Crippen LogP contribution in [0, 0.1) is 0 Å². The quantitative estimate of drug-likeness (QED) is 0.475. The van der Waals surface area contributed by atoms with Crippen LogP contribution in [0.5, 0.6) is 0 Å². The van der Waals surface area contributed by atoms with Gasteiger partial charge in [-0.1, -0.05) is 42.4 Å². The van der Waals surface area contributed by atoms with Crippen molar-refractivity contribution >= 4 is 52.2 Å². The summed E-state index contributed by atoms with van der Waals surface area (Å²) in [5.74, 6) is 1.80. The fourth-order valence-electron chi connectivity index (χ4n) is 2.09. The van der Waals surface area contributed by atoms with Gasteiger partial charge >= 0.3 is 0 Å². The third-order valence-electron chi connectivity index (χ3n) is 3.20. The zero-order chi connectivity index (χ0) is 16.4. The van der Waals surface area contributed by atoms with Crippen LogP contribution in [-0.4, -0.2) is 20.3 Å². The van der Waals surface area contributed by atoms with E-state index >= 15 is 0 Å². The Balaban J connectivity index is 1.88. The maximum absolute atomic E-state index is 12.3. The van der Waals surface area contributed by atoms with E-state index in [0.717, 1.165) is 17.7 Å². The molecule has 1 aromatic heterocycles. The SMILES string of the molecule is CCCSc1nc(N)c2c(n1)N(Cc1ccc(Cl)cc1)[S+]([O-])N2. The molecule has 0 amide bonds. The van der Waals surface area contributed by atoms with Crippen molar-refractivity contribution in [3.63, 3.8) is 0 Å². The molecule has 1 atom stereocenters. The van der Waals surface area contributed by atoms with Crippen molar-refractivity contribution in [1.82, 2.24) is 9.97 Å². The van der Waals surface area contributed by atoms with Gasteiger partial charge in [-0.25, -0.2) is 4.98 Å². The highest BCUT2D eigenvalue weighted by atomic mass is 35.5. The molecule has 0 fully saturated rings. The Morgan fingerprint density at radius 1 is 1.35 bits per heavy atom. The average Bonchev–Trinajstić information content (AvgIpc) is 2.84. The number of nitrogens with zero attached hydrogens (tertiary/aromatic N) is 3. The van der Waals surface area contributed by atoms with Gasteiger partial charge in [0.05, 0.1) is 6.54 Å². The van der Waals surface area contributed by atoms with Gasteiger partial charge in [-0.05, 0) is 24.1 Å². The van der Waals surface area contributed by atoms with E-state index in [9.17, 15) is 4.55 Å². The van der Waals surface area contributed by atoms with Gasteiger partial charge in [0.1, 0.15) is 0 Å². The highest BCUT2D eigenvalue weighted by Crippen LogP contribution is 2.39. The number of aromatic nitrogens is 2. The van der Waals surface area contributed by atoms with Crippen LogP contribution in [0.15, 0.2) is 29.4 Å². The summed E-state index contributed by atoms with van der Waals surface area (Å²) in [6, 6.07) is 7.41. The summed E-state index contributed by atoms with van der Waals surface area (Å²) >= 11 is 6.01. The van der Waals surface area contributed by atoms with Crippen LogP contribution in [0.1, 0.15) is 18.9 Å². The average molecular weight is 370 g/mol. The summed E-state index contributed by atoms with van der Waals surface area (Å²) in [4.78, 5) is 8.77.